The van der Waals surface area contributed by atoms with Crippen LogP contribution in [0.3, 0.4) is 0 Å². The molecular weight excluding hydrogens is 298 g/mol. The normalized spacial score (nSPS) is 34.0. The van der Waals surface area contributed by atoms with Gasteiger partial charge in [0.15, 0.2) is 12.0 Å². The second-order valence-electron chi connectivity index (χ2n) is 6.72. The number of hydrogen-bond acceptors (Lipinski definition) is 6. The molecule has 2 aliphatic heterocycles. The third-order valence-electron chi connectivity index (χ3n) is 4.52. The Morgan fingerprint density at radius 3 is 2.74 bits per heavy atom. The van der Waals surface area contributed by atoms with E-state index in [2.05, 4.69) is 9.97 Å². The van der Waals surface area contributed by atoms with E-state index in [1.807, 2.05) is 37.6 Å². The molecule has 4 rings (SSSR count). The van der Waals surface area contributed by atoms with E-state index in [0.29, 0.717) is 0 Å². The van der Waals surface area contributed by atoms with Crippen molar-refractivity contribution >= 4 is 11.0 Å². The number of aromatic nitrogens is 3. The summed E-state index contributed by atoms with van der Waals surface area (Å²) in [5.74, 6) is -0.696. The SMILES string of the molecule is Cc1ncnc2c1ccn2[C@@H]1O[C@@H]([C@@H](C)O)[C@H]2OC(C)(C)OC12. The maximum atomic E-state index is 10.0. The van der Waals surface area contributed by atoms with Gasteiger partial charge in [0, 0.05) is 11.6 Å². The van der Waals surface area contributed by atoms with Crippen LogP contribution in [-0.4, -0.2) is 49.8 Å². The number of hydrogen-bond donors (Lipinski definition) is 1. The molecule has 124 valence electrons. The molecule has 7 nitrogen and oxygen atoms in total. The van der Waals surface area contributed by atoms with Crippen LogP contribution in [-0.2, 0) is 14.2 Å². The highest BCUT2D eigenvalue weighted by atomic mass is 16.8. The molecule has 0 aliphatic carbocycles. The van der Waals surface area contributed by atoms with E-state index in [1.165, 1.54) is 0 Å². The second-order valence-corrected chi connectivity index (χ2v) is 6.72. The van der Waals surface area contributed by atoms with E-state index in [9.17, 15) is 5.11 Å². The lowest BCUT2D eigenvalue weighted by molar-refractivity contribution is -0.205. The topological polar surface area (TPSA) is 78.6 Å². The molecule has 0 bridgehead atoms. The molecule has 1 N–H and O–H groups in total. The molecular formula is C16H21N3O4. The summed E-state index contributed by atoms with van der Waals surface area (Å²) in [7, 11) is 0. The standard InChI is InChI=1S/C16H21N3O4/c1-8-10-5-6-19(14(10)18-7-17-8)15-13-12(11(21-15)9(2)20)22-16(3,4)23-13/h5-7,9,11-13,15,20H,1-4H3/t9-,11+,12-,13?,15-/m1/s1. The summed E-state index contributed by atoms with van der Waals surface area (Å²) < 4.78 is 20.0. The van der Waals surface area contributed by atoms with Crippen LogP contribution in [0.5, 0.6) is 0 Å². The van der Waals surface area contributed by atoms with E-state index in [4.69, 9.17) is 14.2 Å². The van der Waals surface area contributed by atoms with Crippen LogP contribution in [0.15, 0.2) is 18.6 Å². The Bertz CT molecular complexity index is 742. The van der Waals surface area contributed by atoms with Crippen molar-refractivity contribution in [2.24, 2.45) is 0 Å². The van der Waals surface area contributed by atoms with Crippen LogP contribution in [0.1, 0.15) is 32.7 Å². The first-order valence-corrected chi connectivity index (χ1v) is 7.85. The van der Waals surface area contributed by atoms with Gasteiger partial charge < -0.3 is 23.9 Å². The summed E-state index contributed by atoms with van der Waals surface area (Å²) >= 11 is 0. The highest BCUT2D eigenvalue weighted by Crippen LogP contribution is 2.44. The molecule has 2 aliphatic rings. The van der Waals surface area contributed by atoms with Crippen molar-refractivity contribution < 1.29 is 19.3 Å². The van der Waals surface area contributed by atoms with Gasteiger partial charge in [-0.3, -0.25) is 0 Å². The number of nitrogens with zero attached hydrogens (tertiary/aromatic N) is 3. The predicted molar refractivity (Wildman–Crippen MR) is 81.7 cm³/mol. The van der Waals surface area contributed by atoms with E-state index >= 15 is 0 Å². The summed E-state index contributed by atoms with van der Waals surface area (Å²) in [4.78, 5) is 8.60. The van der Waals surface area contributed by atoms with Gasteiger partial charge in [-0.25, -0.2) is 9.97 Å². The van der Waals surface area contributed by atoms with Gasteiger partial charge in [0.1, 0.15) is 30.3 Å². The molecule has 7 heteroatoms. The van der Waals surface area contributed by atoms with Crippen LogP contribution in [0, 0.1) is 6.92 Å². The monoisotopic (exact) mass is 319 g/mol. The molecule has 0 amide bonds. The van der Waals surface area contributed by atoms with E-state index in [0.717, 1.165) is 16.7 Å². The summed E-state index contributed by atoms with van der Waals surface area (Å²) in [5.41, 5.74) is 1.71. The first-order valence-electron chi connectivity index (χ1n) is 7.85. The molecule has 5 atom stereocenters. The Morgan fingerprint density at radius 1 is 1.26 bits per heavy atom. The van der Waals surface area contributed by atoms with Crippen molar-refractivity contribution in [2.75, 3.05) is 0 Å². The molecule has 1 unspecified atom stereocenters. The van der Waals surface area contributed by atoms with Gasteiger partial charge in [0.25, 0.3) is 0 Å². The smallest absolute Gasteiger partial charge is 0.164 e. The Labute approximate surface area is 134 Å². The fourth-order valence-electron chi connectivity index (χ4n) is 3.52. The van der Waals surface area contributed by atoms with Crippen molar-refractivity contribution in [1.29, 1.82) is 0 Å². The van der Waals surface area contributed by atoms with Crippen molar-refractivity contribution in [3.63, 3.8) is 0 Å². The number of fused-ring (bicyclic) bond motifs is 2. The zero-order valence-corrected chi connectivity index (χ0v) is 13.6. The fraction of sp³-hybridized carbons (Fsp3) is 0.625. The average Bonchev–Trinajstić information content (AvgIpc) is 3.09. The van der Waals surface area contributed by atoms with Gasteiger partial charge in [-0.05, 0) is 33.8 Å². The molecule has 4 heterocycles. The summed E-state index contributed by atoms with van der Waals surface area (Å²) in [5, 5.41) is 11.0. The van der Waals surface area contributed by atoms with Crippen molar-refractivity contribution in [3.8, 4) is 0 Å². The van der Waals surface area contributed by atoms with Crippen LogP contribution >= 0.6 is 0 Å². The average molecular weight is 319 g/mol. The van der Waals surface area contributed by atoms with Gasteiger partial charge in [-0.15, -0.1) is 0 Å². The minimum absolute atomic E-state index is 0.296. The molecule has 2 aromatic heterocycles. The third kappa shape index (κ3) is 2.27. The Morgan fingerprint density at radius 2 is 2.00 bits per heavy atom. The Kier molecular flexibility index (Phi) is 3.25. The lowest BCUT2D eigenvalue weighted by atomic mass is 10.1. The highest BCUT2D eigenvalue weighted by molar-refractivity contribution is 5.78. The van der Waals surface area contributed by atoms with Gasteiger partial charge in [0.05, 0.1) is 11.8 Å². The fourth-order valence-corrected chi connectivity index (χ4v) is 3.52. The van der Waals surface area contributed by atoms with E-state index < -0.39 is 24.2 Å². The quantitative estimate of drug-likeness (QED) is 0.904. The summed E-state index contributed by atoms with van der Waals surface area (Å²) in [6, 6.07) is 1.97. The molecule has 23 heavy (non-hydrogen) atoms. The minimum atomic E-state index is -0.696. The number of rotatable bonds is 2. The third-order valence-corrected chi connectivity index (χ3v) is 4.52. The molecule has 0 radical (unpaired) electrons. The highest BCUT2D eigenvalue weighted by Gasteiger charge is 2.57. The molecule has 0 spiro atoms. The first-order chi connectivity index (χ1) is 10.9. The maximum Gasteiger partial charge on any atom is 0.164 e. The summed E-state index contributed by atoms with van der Waals surface area (Å²) in [6.07, 6.45) is 1.38. The van der Waals surface area contributed by atoms with Crippen LogP contribution in [0.4, 0.5) is 0 Å². The van der Waals surface area contributed by atoms with E-state index in [1.54, 1.807) is 13.3 Å². The van der Waals surface area contributed by atoms with Gasteiger partial charge in [-0.1, -0.05) is 0 Å². The van der Waals surface area contributed by atoms with Crippen molar-refractivity contribution in [1.82, 2.24) is 14.5 Å². The zero-order chi connectivity index (χ0) is 16.4. The zero-order valence-electron chi connectivity index (χ0n) is 13.6. The van der Waals surface area contributed by atoms with E-state index in [-0.39, 0.29) is 12.2 Å². The number of ether oxygens (including phenoxy) is 3. The van der Waals surface area contributed by atoms with Crippen LogP contribution in [0.2, 0.25) is 0 Å². The molecule has 2 saturated heterocycles. The van der Waals surface area contributed by atoms with Gasteiger partial charge >= 0.3 is 0 Å². The molecule has 2 fully saturated rings. The number of aliphatic hydroxyl groups is 1. The predicted octanol–water partition coefficient (Wildman–Crippen LogP) is 1.54. The Hall–Kier alpha value is -1.54. The number of aliphatic hydroxyl groups excluding tert-OH is 1. The van der Waals surface area contributed by atoms with Crippen molar-refractivity contribution in [3.05, 3.63) is 24.3 Å². The largest absolute Gasteiger partial charge is 0.391 e. The second kappa shape index (κ2) is 4.98. The Balaban J connectivity index is 1.77. The first kappa shape index (κ1) is 15.0. The summed E-state index contributed by atoms with van der Waals surface area (Å²) in [6.45, 7) is 7.41. The van der Waals surface area contributed by atoms with Gasteiger partial charge in [0.2, 0.25) is 0 Å². The minimum Gasteiger partial charge on any atom is -0.391 e. The van der Waals surface area contributed by atoms with Gasteiger partial charge in [-0.2, -0.15) is 0 Å². The maximum absolute atomic E-state index is 10.0. The lowest BCUT2D eigenvalue weighted by Crippen LogP contribution is -2.36. The van der Waals surface area contributed by atoms with Crippen molar-refractivity contribution in [2.45, 2.75) is 64.1 Å². The molecule has 0 saturated carbocycles. The van der Waals surface area contributed by atoms with Crippen LogP contribution in [0.25, 0.3) is 11.0 Å². The number of aryl methyl sites for hydroxylation is 1. The molecule has 0 aromatic carbocycles. The lowest BCUT2D eigenvalue weighted by Gasteiger charge is -2.26. The molecule has 2 aromatic rings. The van der Waals surface area contributed by atoms with Crippen LogP contribution < -0.4 is 0 Å².